The van der Waals surface area contributed by atoms with Crippen molar-refractivity contribution in [1.82, 2.24) is 4.90 Å². The monoisotopic (exact) mass is 299 g/mol. The fourth-order valence-corrected chi connectivity index (χ4v) is 2.95. The number of amides is 1. The second-order valence-corrected chi connectivity index (χ2v) is 6.31. The van der Waals surface area contributed by atoms with Crippen molar-refractivity contribution in [2.24, 2.45) is 5.92 Å². The smallest absolute Gasteiger partial charge is 0.225 e. The van der Waals surface area contributed by atoms with Crippen LogP contribution in [0.2, 0.25) is 0 Å². The molecule has 0 spiro atoms. The van der Waals surface area contributed by atoms with E-state index < -0.39 is 0 Å². The Labute approximate surface area is 133 Å². The van der Waals surface area contributed by atoms with E-state index in [4.69, 9.17) is 5.26 Å². The van der Waals surface area contributed by atoms with Crippen LogP contribution >= 0.6 is 0 Å². The Morgan fingerprint density at radius 3 is 2.95 bits per heavy atom. The van der Waals surface area contributed by atoms with Crippen LogP contribution in [0.5, 0.6) is 0 Å². The number of piperidine rings is 1. The van der Waals surface area contributed by atoms with Gasteiger partial charge in [0.15, 0.2) is 0 Å². The van der Waals surface area contributed by atoms with Gasteiger partial charge < -0.3 is 10.2 Å². The molecule has 1 saturated heterocycles. The molecule has 1 atom stereocenters. The SMILES string of the molecule is CC(C)c1ccccc1NC(=O)CCN1CCCC(C#N)C1. The van der Waals surface area contributed by atoms with Crippen LogP contribution < -0.4 is 5.32 Å². The van der Waals surface area contributed by atoms with Gasteiger partial charge in [-0.2, -0.15) is 5.26 Å². The summed E-state index contributed by atoms with van der Waals surface area (Å²) in [6, 6.07) is 10.3. The molecule has 1 aliphatic rings. The van der Waals surface area contributed by atoms with Crippen molar-refractivity contribution >= 4 is 11.6 Å². The third kappa shape index (κ3) is 4.57. The molecule has 1 fully saturated rings. The second-order valence-electron chi connectivity index (χ2n) is 6.31. The van der Waals surface area contributed by atoms with Crippen LogP contribution in [0.15, 0.2) is 24.3 Å². The zero-order valence-electron chi connectivity index (χ0n) is 13.5. The molecule has 0 saturated carbocycles. The molecule has 1 amide bonds. The molecule has 1 unspecified atom stereocenters. The lowest BCUT2D eigenvalue weighted by atomic mass is 9.99. The van der Waals surface area contributed by atoms with Gasteiger partial charge in [-0.1, -0.05) is 32.0 Å². The normalized spacial score (nSPS) is 18.9. The van der Waals surface area contributed by atoms with Crippen LogP contribution in [0.25, 0.3) is 0 Å². The number of carbonyl (C=O) groups excluding carboxylic acids is 1. The van der Waals surface area contributed by atoms with Crippen LogP contribution in [-0.2, 0) is 4.79 Å². The number of nitrogens with zero attached hydrogens (tertiary/aromatic N) is 2. The highest BCUT2D eigenvalue weighted by atomic mass is 16.1. The van der Waals surface area contributed by atoms with E-state index in [2.05, 4.69) is 36.2 Å². The first-order chi connectivity index (χ1) is 10.6. The Balaban J connectivity index is 1.85. The fraction of sp³-hybridized carbons (Fsp3) is 0.556. The van der Waals surface area contributed by atoms with Crippen LogP contribution in [0.1, 0.15) is 44.6 Å². The van der Waals surface area contributed by atoms with Gasteiger partial charge in [0.2, 0.25) is 5.91 Å². The molecule has 0 aromatic heterocycles. The maximum Gasteiger partial charge on any atom is 0.225 e. The van der Waals surface area contributed by atoms with Gasteiger partial charge in [0.25, 0.3) is 0 Å². The average Bonchev–Trinajstić information content (AvgIpc) is 2.53. The Morgan fingerprint density at radius 2 is 2.23 bits per heavy atom. The highest BCUT2D eigenvalue weighted by Crippen LogP contribution is 2.23. The summed E-state index contributed by atoms with van der Waals surface area (Å²) in [5, 5.41) is 12.0. The first-order valence-corrected chi connectivity index (χ1v) is 8.11. The molecule has 1 heterocycles. The van der Waals surface area contributed by atoms with Crippen molar-refractivity contribution in [2.75, 3.05) is 25.0 Å². The van der Waals surface area contributed by atoms with Crippen molar-refractivity contribution in [3.8, 4) is 6.07 Å². The molecule has 118 valence electrons. The molecule has 1 aromatic carbocycles. The van der Waals surface area contributed by atoms with Gasteiger partial charge in [0.1, 0.15) is 0 Å². The quantitative estimate of drug-likeness (QED) is 0.907. The minimum absolute atomic E-state index is 0.0483. The molecule has 0 aliphatic carbocycles. The van der Waals surface area contributed by atoms with E-state index in [0.717, 1.165) is 38.2 Å². The summed E-state index contributed by atoms with van der Waals surface area (Å²) in [6.07, 6.45) is 2.52. The van der Waals surface area contributed by atoms with Crippen LogP contribution in [0.3, 0.4) is 0 Å². The molecule has 1 N–H and O–H groups in total. The molecule has 0 radical (unpaired) electrons. The topological polar surface area (TPSA) is 56.1 Å². The van der Waals surface area contributed by atoms with E-state index in [1.54, 1.807) is 0 Å². The summed E-state index contributed by atoms with van der Waals surface area (Å²) in [4.78, 5) is 14.4. The van der Waals surface area contributed by atoms with Gasteiger partial charge in [-0.25, -0.2) is 0 Å². The number of anilines is 1. The van der Waals surface area contributed by atoms with Crippen LogP contribution in [0, 0.1) is 17.2 Å². The summed E-state index contributed by atoms with van der Waals surface area (Å²) in [6.45, 7) is 6.77. The van der Waals surface area contributed by atoms with Crippen molar-refractivity contribution in [1.29, 1.82) is 5.26 Å². The van der Waals surface area contributed by atoms with Crippen LogP contribution in [0.4, 0.5) is 5.69 Å². The van der Waals surface area contributed by atoms with E-state index >= 15 is 0 Å². The first-order valence-electron chi connectivity index (χ1n) is 8.11. The number of hydrogen-bond donors (Lipinski definition) is 1. The predicted octanol–water partition coefficient (Wildman–Crippen LogP) is 3.37. The summed E-state index contributed by atoms with van der Waals surface area (Å²) in [7, 11) is 0. The number of nitriles is 1. The summed E-state index contributed by atoms with van der Waals surface area (Å²) >= 11 is 0. The Bertz CT molecular complexity index is 548. The second kappa shape index (κ2) is 7.95. The number of para-hydroxylation sites is 1. The number of nitrogens with one attached hydrogen (secondary N) is 1. The lowest BCUT2D eigenvalue weighted by Crippen LogP contribution is -2.36. The average molecular weight is 299 g/mol. The number of benzene rings is 1. The predicted molar refractivity (Wildman–Crippen MR) is 88.6 cm³/mol. The lowest BCUT2D eigenvalue weighted by Gasteiger charge is -2.29. The van der Waals surface area contributed by atoms with Gasteiger partial charge in [-0.3, -0.25) is 4.79 Å². The number of carbonyl (C=O) groups is 1. The molecular weight excluding hydrogens is 274 g/mol. The zero-order valence-corrected chi connectivity index (χ0v) is 13.5. The number of hydrogen-bond acceptors (Lipinski definition) is 3. The standard InChI is InChI=1S/C18H25N3O/c1-14(2)16-7-3-4-8-17(16)20-18(22)9-11-21-10-5-6-15(12-19)13-21/h3-4,7-8,14-15H,5-6,9-11,13H2,1-2H3,(H,20,22). The van der Waals surface area contributed by atoms with E-state index in [1.807, 2.05) is 18.2 Å². The molecule has 0 bridgehead atoms. The third-order valence-electron chi connectivity index (χ3n) is 4.20. The first kappa shape index (κ1) is 16.5. The molecule has 4 heteroatoms. The van der Waals surface area contributed by atoms with E-state index in [1.165, 1.54) is 5.56 Å². The highest BCUT2D eigenvalue weighted by molar-refractivity contribution is 5.91. The van der Waals surface area contributed by atoms with Crippen LogP contribution in [-0.4, -0.2) is 30.4 Å². The molecule has 4 nitrogen and oxygen atoms in total. The Hall–Kier alpha value is -1.86. The van der Waals surface area contributed by atoms with Crippen molar-refractivity contribution in [3.63, 3.8) is 0 Å². The Morgan fingerprint density at radius 1 is 1.45 bits per heavy atom. The minimum atomic E-state index is 0.0483. The maximum absolute atomic E-state index is 12.2. The third-order valence-corrected chi connectivity index (χ3v) is 4.20. The molecule has 1 aliphatic heterocycles. The molecule has 1 aromatic rings. The van der Waals surface area contributed by atoms with Gasteiger partial charge in [-0.15, -0.1) is 0 Å². The largest absolute Gasteiger partial charge is 0.326 e. The number of rotatable bonds is 5. The van der Waals surface area contributed by atoms with Crippen molar-refractivity contribution in [3.05, 3.63) is 29.8 Å². The minimum Gasteiger partial charge on any atom is -0.326 e. The van der Waals surface area contributed by atoms with E-state index in [9.17, 15) is 4.79 Å². The van der Waals surface area contributed by atoms with Gasteiger partial charge in [0.05, 0.1) is 12.0 Å². The maximum atomic E-state index is 12.2. The zero-order chi connectivity index (χ0) is 15.9. The molecule has 22 heavy (non-hydrogen) atoms. The highest BCUT2D eigenvalue weighted by Gasteiger charge is 2.19. The van der Waals surface area contributed by atoms with Gasteiger partial charge in [0, 0.05) is 25.2 Å². The fourth-order valence-electron chi connectivity index (χ4n) is 2.95. The summed E-state index contributed by atoms with van der Waals surface area (Å²) in [5.74, 6) is 0.556. The van der Waals surface area contributed by atoms with E-state index in [0.29, 0.717) is 12.3 Å². The van der Waals surface area contributed by atoms with Crippen molar-refractivity contribution < 1.29 is 4.79 Å². The summed E-state index contributed by atoms with van der Waals surface area (Å²) in [5.41, 5.74) is 2.08. The van der Waals surface area contributed by atoms with Gasteiger partial charge >= 0.3 is 0 Å². The molecule has 2 rings (SSSR count). The van der Waals surface area contributed by atoms with E-state index in [-0.39, 0.29) is 11.8 Å². The van der Waals surface area contributed by atoms with Gasteiger partial charge in [-0.05, 0) is 36.9 Å². The number of likely N-dealkylation sites (tertiary alicyclic amines) is 1. The lowest BCUT2D eigenvalue weighted by molar-refractivity contribution is -0.116. The Kier molecular flexibility index (Phi) is 5.97. The summed E-state index contributed by atoms with van der Waals surface area (Å²) < 4.78 is 0. The van der Waals surface area contributed by atoms with Crippen molar-refractivity contribution in [2.45, 2.75) is 39.0 Å². The molecular formula is C18H25N3O.